The molecule has 7 heteroatoms. The van der Waals surface area contributed by atoms with E-state index in [-0.39, 0.29) is 12.5 Å². The van der Waals surface area contributed by atoms with Crippen molar-refractivity contribution >= 4 is 28.2 Å². The molecule has 0 atom stereocenters. The van der Waals surface area contributed by atoms with Crippen LogP contribution in [0.25, 0.3) is 0 Å². The van der Waals surface area contributed by atoms with Gasteiger partial charge in [-0.25, -0.2) is 4.79 Å². The Morgan fingerprint density at radius 3 is 2.57 bits per heavy atom. The van der Waals surface area contributed by atoms with Crippen LogP contribution in [0.2, 0.25) is 0 Å². The fourth-order valence-electron chi connectivity index (χ4n) is 1.93. The fourth-order valence-corrected chi connectivity index (χ4v) is 2.70. The molecule has 0 aliphatic heterocycles. The van der Waals surface area contributed by atoms with E-state index in [9.17, 15) is 9.59 Å². The van der Waals surface area contributed by atoms with Crippen molar-refractivity contribution in [2.24, 2.45) is 0 Å². The molecule has 1 aromatic carbocycles. The number of methoxy groups -OCH3 is 2. The van der Waals surface area contributed by atoms with E-state index in [0.29, 0.717) is 27.6 Å². The van der Waals surface area contributed by atoms with E-state index in [1.165, 1.54) is 25.6 Å². The summed E-state index contributed by atoms with van der Waals surface area (Å²) in [7, 11) is 3.01. The smallest absolute Gasteiger partial charge is 0.341 e. The van der Waals surface area contributed by atoms with Crippen LogP contribution in [0.1, 0.15) is 27.6 Å². The lowest BCUT2D eigenvalue weighted by atomic mass is 10.1. The predicted octanol–water partition coefficient (Wildman–Crippen LogP) is 3.19. The van der Waals surface area contributed by atoms with Crippen LogP contribution in [0.4, 0.5) is 5.00 Å². The molecular formula is C16H17NO5S. The quantitative estimate of drug-likeness (QED) is 0.821. The molecule has 1 heterocycles. The number of rotatable bonds is 6. The molecule has 0 aliphatic carbocycles. The van der Waals surface area contributed by atoms with Gasteiger partial charge in [-0.1, -0.05) is 0 Å². The monoisotopic (exact) mass is 335 g/mol. The first-order chi connectivity index (χ1) is 11.1. The minimum absolute atomic E-state index is 0.272. The summed E-state index contributed by atoms with van der Waals surface area (Å²) in [5.41, 5.74) is 0.675. The molecule has 0 radical (unpaired) electrons. The number of amides is 1. The number of nitrogens with one attached hydrogen (secondary N) is 1. The number of ether oxygens (including phenoxy) is 3. The van der Waals surface area contributed by atoms with Crippen LogP contribution in [-0.2, 0) is 4.74 Å². The largest absolute Gasteiger partial charge is 0.497 e. The SMILES string of the molecule is CCOC(=O)c1ccsc1NC(=O)c1ccc(OC)cc1OC. The van der Waals surface area contributed by atoms with Gasteiger partial charge in [0.15, 0.2) is 0 Å². The predicted molar refractivity (Wildman–Crippen MR) is 87.8 cm³/mol. The summed E-state index contributed by atoms with van der Waals surface area (Å²) < 4.78 is 15.3. The number of carbonyl (C=O) groups excluding carboxylic acids is 2. The molecule has 2 aromatic rings. The van der Waals surface area contributed by atoms with Crippen molar-refractivity contribution in [1.82, 2.24) is 0 Å². The summed E-state index contributed by atoms with van der Waals surface area (Å²) in [5.74, 6) is 0.126. The molecule has 0 aliphatic rings. The number of anilines is 1. The Labute approximate surface area is 138 Å². The summed E-state index contributed by atoms with van der Waals surface area (Å²) in [4.78, 5) is 24.3. The van der Waals surface area contributed by atoms with Crippen molar-refractivity contribution in [2.45, 2.75) is 6.92 Å². The van der Waals surface area contributed by atoms with Gasteiger partial charge < -0.3 is 19.5 Å². The van der Waals surface area contributed by atoms with E-state index in [1.54, 1.807) is 36.6 Å². The number of hydrogen-bond donors (Lipinski definition) is 1. The van der Waals surface area contributed by atoms with Crippen LogP contribution >= 0.6 is 11.3 Å². The number of hydrogen-bond acceptors (Lipinski definition) is 6. The lowest BCUT2D eigenvalue weighted by Gasteiger charge is -2.11. The van der Waals surface area contributed by atoms with Gasteiger partial charge in [-0.05, 0) is 30.5 Å². The van der Waals surface area contributed by atoms with Crippen LogP contribution in [0.5, 0.6) is 11.5 Å². The van der Waals surface area contributed by atoms with Gasteiger partial charge >= 0.3 is 5.97 Å². The van der Waals surface area contributed by atoms with Gasteiger partial charge in [-0.15, -0.1) is 11.3 Å². The standard InChI is InChI=1S/C16H17NO5S/c1-4-22-16(19)12-7-8-23-15(12)17-14(18)11-6-5-10(20-2)9-13(11)21-3/h5-9H,4H2,1-3H3,(H,17,18). The fraction of sp³-hybridized carbons (Fsp3) is 0.250. The number of carbonyl (C=O) groups is 2. The second kappa shape index (κ2) is 7.64. The molecule has 0 saturated heterocycles. The van der Waals surface area contributed by atoms with Gasteiger partial charge in [0.05, 0.1) is 32.0 Å². The van der Waals surface area contributed by atoms with Gasteiger partial charge in [-0.2, -0.15) is 0 Å². The average Bonchev–Trinajstić information content (AvgIpc) is 3.02. The molecule has 1 aromatic heterocycles. The minimum atomic E-state index is -0.467. The van der Waals surface area contributed by atoms with Crippen LogP contribution in [0.3, 0.4) is 0 Å². The highest BCUT2D eigenvalue weighted by atomic mass is 32.1. The average molecular weight is 335 g/mol. The Morgan fingerprint density at radius 1 is 1.13 bits per heavy atom. The van der Waals surface area contributed by atoms with E-state index in [4.69, 9.17) is 14.2 Å². The third-order valence-corrected chi connectivity index (χ3v) is 3.87. The summed E-state index contributed by atoms with van der Waals surface area (Å²) in [6, 6.07) is 6.50. The second-order valence-electron chi connectivity index (χ2n) is 4.40. The summed E-state index contributed by atoms with van der Waals surface area (Å²) >= 11 is 1.25. The molecule has 6 nitrogen and oxygen atoms in total. The van der Waals surface area contributed by atoms with Crippen molar-refractivity contribution in [3.63, 3.8) is 0 Å². The van der Waals surface area contributed by atoms with Crippen LogP contribution < -0.4 is 14.8 Å². The maximum atomic E-state index is 12.4. The van der Waals surface area contributed by atoms with E-state index < -0.39 is 5.97 Å². The molecular weight excluding hydrogens is 318 g/mol. The molecule has 0 saturated carbocycles. The summed E-state index contributed by atoms with van der Waals surface area (Å²) in [6.45, 7) is 2.00. The molecule has 122 valence electrons. The first-order valence-corrected chi connectivity index (χ1v) is 7.76. The molecule has 0 spiro atoms. The zero-order valence-corrected chi connectivity index (χ0v) is 13.9. The zero-order chi connectivity index (χ0) is 16.8. The number of benzene rings is 1. The second-order valence-corrected chi connectivity index (χ2v) is 5.32. The van der Waals surface area contributed by atoms with Crippen molar-refractivity contribution in [3.8, 4) is 11.5 Å². The lowest BCUT2D eigenvalue weighted by molar-refractivity contribution is 0.0528. The first kappa shape index (κ1) is 16.8. The molecule has 23 heavy (non-hydrogen) atoms. The Hall–Kier alpha value is -2.54. The topological polar surface area (TPSA) is 73.9 Å². The Bertz CT molecular complexity index is 710. The first-order valence-electron chi connectivity index (χ1n) is 6.88. The highest BCUT2D eigenvalue weighted by Gasteiger charge is 2.19. The van der Waals surface area contributed by atoms with Crippen molar-refractivity contribution in [3.05, 3.63) is 40.8 Å². The number of esters is 1. The van der Waals surface area contributed by atoms with Gasteiger partial charge in [0.1, 0.15) is 16.5 Å². The third-order valence-electron chi connectivity index (χ3n) is 3.04. The van der Waals surface area contributed by atoms with Crippen LogP contribution in [-0.4, -0.2) is 32.7 Å². The van der Waals surface area contributed by atoms with Gasteiger partial charge in [0.25, 0.3) is 5.91 Å². The summed E-state index contributed by atoms with van der Waals surface area (Å²) in [6.07, 6.45) is 0. The molecule has 1 amide bonds. The Morgan fingerprint density at radius 2 is 1.91 bits per heavy atom. The van der Waals surface area contributed by atoms with E-state index in [2.05, 4.69) is 5.32 Å². The van der Waals surface area contributed by atoms with E-state index >= 15 is 0 Å². The van der Waals surface area contributed by atoms with Crippen molar-refractivity contribution in [1.29, 1.82) is 0 Å². The lowest BCUT2D eigenvalue weighted by Crippen LogP contribution is -2.15. The highest BCUT2D eigenvalue weighted by Crippen LogP contribution is 2.28. The summed E-state index contributed by atoms with van der Waals surface area (Å²) in [5, 5.41) is 4.87. The van der Waals surface area contributed by atoms with Crippen LogP contribution in [0.15, 0.2) is 29.6 Å². The normalized spacial score (nSPS) is 10.0. The molecule has 1 N–H and O–H groups in total. The van der Waals surface area contributed by atoms with E-state index in [0.717, 1.165) is 0 Å². The molecule has 0 fully saturated rings. The van der Waals surface area contributed by atoms with Crippen molar-refractivity contribution < 1.29 is 23.8 Å². The minimum Gasteiger partial charge on any atom is -0.497 e. The molecule has 0 bridgehead atoms. The molecule has 2 rings (SSSR count). The van der Waals surface area contributed by atoms with E-state index in [1.807, 2.05) is 0 Å². The zero-order valence-electron chi connectivity index (χ0n) is 13.0. The maximum Gasteiger partial charge on any atom is 0.341 e. The highest BCUT2D eigenvalue weighted by molar-refractivity contribution is 7.14. The number of thiophene rings is 1. The Balaban J connectivity index is 2.23. The van der Waals surface area contributed by atoms with Crippen molar-refractivity contribution in [2.75, 3.05) is 26.1 Å². The molecule has 0 unspecified atom stereocenters. The van der Waals surface area contributed by atoms with Crippen LogP contribution in [0, 0.1) is 0 Å². The van der Waals surface area contributed by atoms with Gasteiger partial charge in [-0.3, -0.25) is 4.79 Å². The van der Waals surface area contributed by atoms with Gasteiger partial charge in [0.2, 0.25) is 0 Å². The maximum absolute atomic E-state index is 12.4. The third kappa shape index (κ3) is 3.81. The Kier molecular flexibility index (Phi) is 5.59. The van der Waals surface area contributed by atoms with Gasteiger partial charge in [0, 0.05) is 6.07 Å².